The van der Waals surface area contributed by atoms with Gasteiger partial charge in [0.25, 0.3) is 0 Å². The van der Waals surface area contributed by atoms with Gasteiger partial charge in [-0.2, -0.15) is 5.10 Å². The van der Waals surface area contributed by atoms with Crippen LogP contribution in [-0.4, -0.2) is 44.9 Å². The van der Waals surface area contributed by atoms with Gasteiger partial charge in [0.05, 0.1) is 16.6 Å². The van der Waals surface area contributed by atoms with Crippen LogP contribution in [0.2, 0.25) is 0 Å². The summed E-state index contributed by atoms with van der Waals surface area (Å²) in [7, 11) is 1.73. The minimum Gasteiger partial charge on any atom is -0.380 e. The Hall–Kier alpha value is -1.54. The molecular formula is C12H15BrN6O. The molecule has 106 valence electrons. The lowest BCUT2D eigenvalue weighted by molar-refractivity contribution is 0.118. The van der Waals surface area contributed by atoms with E-state index in [0.29, 0.717) is 0 Å². The third-order valence-electron chi connectivity index (χ3n) is 3.43. The fraction of sp³-hybridized carbons (Fsp3) is 0.500. The highest BCUT2D eigenvalue weighted by Gasteiger charge is 2.37. The van der Waals surface area contributed by atoms with Crippen LogP contribution >= 0.6 is 15.9 Å². The summed E-state index contributed by atoms with van der Waals surface area (Å²) in [4.78, 5) is 15.0. The second-order valence-corrected chi connectivity index (χ2v) is 5.59. The van der Waals surface area contributed by atoms with Crippen LogP contribution in [0.3, 0.4) is 0 Å². The van der Waals surface area contributed by atoms with Crippen molar-refractivity contribution in [2.45, 2.75) is 25.5 Å². The van der Waals surface area contributed by atoms with Crippen molar-refractivity contribution < 1.29 is 4.74 Å². The summed E-state index contributed by atoms with van der Waals surface area (Å²) in [5.74, 6) is 2.42. The fourth-order valence-corrected chi connectivity index (χ4v) is 2.92. The molecule has 2 atom stereocenters. The lowest BCUT2D eigenvalue weighted by Crippen LogP contribution is -2.26. The summed E-state index contributed by atoms with van der Waals surface area (Å²) in [6, 6.07) is 0.0519. The van der Waals surface area contributed by atoms with Crippen molar-refractivity contribution in [1.82, 2.24) is 25.1 Å². The predicted octanol–water partition coefficient (Wildman–Crippen LogP) is 1.63. The van der Waals surface area contributed by atoms with E-state index in [1.807, 2.05) is 6.92 Å². The molecule has 2 aromatic heterocycles. The number of ether oxygens (including phenoxy) is 1. The molecular weight excluding hydrogens is 324 g/mol. The molecule has 0 unspecified atom stereocenters. The van der Waals surface area contributed by atoms with Gasteiger partial charge < -0.3 is 9.64 Å². The quantitative estimate of drug-likeness (QED) is 0.916. The summed E-state index contributed by atoms with van der Waals surface area (Å²) >= 11 is 3.50. The Balaban J connectivity index is 1.96. The van der Waals surface area contributed by atoms with Crippen LogP contribution < -0.4 is 4.90 Å². The topological polar surface area (TPSA) is 79.8 Å². The van der Waals surface area contributed by atoms with Gasteiger partial charge in [0.15, 0.2) is 5.82 Å². The van der Waals surface area contributed by atoms with Crippen LogP contribution in [0.4, 0.5) is 5.82 Å². The minimum atomic E-state index is 0.0519. The molecule has 0 amide bonds. The average molecular weight is 339 g/mol. The summed E-state index contributed by atoms with van der Waals surface area (Å²) in [5.41, 5.74) is 0. The summed E-state index contributed by atoms with van der Waals surface area (Å²) in [6.45, 7) is 2.65. The lowest BCUT2D eigenvalue weighted by Gasteiger charge is -2.23. The molecule has 2 aromatic rings. The van der Waals surface area contributed by atoms with Crippen molar-refractivity contribution in [3.63, 3.8) is 0 Å². The smallest absolute Gasteiger partial charge is 0.173 e. The van der Waals surface area contributed by atoms with Crippen LogP contribution in [0, 0.1) is 6.92 Å². The molecule has 1 fully saturated rings. The number of aromatic nitrogens is 5. The molecule has 1 aliphatic rings. The van der Waals surface area contributed by atoms with Gasteiger partial charge in [-0.25, -0.2) is 15.0 Å². The average Bonchev–Trinajstić information content (AvgIpc) is 3.05. The van der Waals surface area contributed by atoms with Crippen molar-refractivity contribution in [3.8, 4) is 0 Å². The van der Waals surface area contributed by atoms with Crippen LogP contribution in [-0.2, 0) is 4.74 Å². The van der Waals surface area contributed by atoms with Gasteiger partial charge in [-0.3, -0.25) is 5.10 Å². The number of nitrogens with one attached hydrogen (secondary N) is 1. The highest BCUT2D eigenvalue weighted by atomic mass is 79.9. The Bertz CT molecular complexity index is 603. The Morgan fingerprint density at radius 3 is 3.00 bits per heavy atom. The second-order valence-electron chi connectivity index (χ2n) is 4.73. The maximum atomic E-state index is 5.50. The highest BCUT2D eigenvalue weighted by Crippen LogP contribution is 2.37. The van der Waals surface area contributed by atoms with Crippen LogP contribution in [0.25, 0.3) is 0 Å². The number of H-pyrrole nitrogens is 1. The first kappa shape index (κ1) is 13.4. The van der Waals surface area contributed by atoms with E-state index in [1.54, 1.807) is 19.6 Å². The summed E-state index contributed by atoms with van der Waals surface area (Å²) < 4.78 is 6.35. The van der Waals surface area contributed by atoms with Crippen LogP contribution in [0.1, 0.15) is 24.1 Å². The fourth-order valence-electron chi connectivity index (χ4n) is 2.47. The molecule has 7 nitrogen and oxygen atoms in total. The predicted molar refractivity (Wildman–Crippen MR) is 76.4 cm³/mol. The van der Waals surface area contributed by atoms with E-state index in [9.17, 15) is 0 Å². The molecule has 1 saturated heterocycles. The van der Waals surface area contributed by atoms with E-state index >= 15 is 0 Å². The SMILES string of the molecule is CO[C@@H]1C[C@@H](c2n[nH]c(C)n2)N(c2ncncc2Br)C1. The second kappa shape index (κ2) is 5.45. The maximum Gasteiger partial charge on any atom is 0.173 e. The van der Waals surface area contributed by atoms with Crippen molar-refractivity contribution >= 4 is 21.7 Å². The number of rotatable bonds is 3. The molecule has 1 N–H and O–H groups in total. The Labute approximate surface area is 124 Å². The van der Waals surface area contributed by atoms with Crippen molar-refractivity contribution in [1.29, 1.82) is 0 Å². The monoisotopic (exact) mass is 338 g/mol. The zero-order valence-electron chi connectivity index (χ0n) is 11.2. The van der Waals surface area contributed by atoms with Gasteiger partial charge in [-0.05, 0) is 22.9 Å². The first-order valence-corrected chi connectivity index (χ1v) is 7.12. The van der Waals surface area contributed by atoms with Crippen molar-refractivity contribution in [2.75, 3.05) is 18.6 Å². The number of anilines is 1. The molecule has 0 aliphatic carbocycles. The standard InChI is InChI=1S/C12H15BrN6O/c1-7-16-11(18-17-7)10-3-8(20-2)5-19(10)12-9(13)4-14-6-15-12/h4,6,8,10H,3,5H2,1-2H3,(H,16,17,18)/t8-,10+/m1/s1. The van der Waals surface area contributed by atoms with Gasteiger partial charge in [0.2, 0.25) is 0 Å². The van der Waals surface area contributed by atoms with Gasteiger partial charge in [-0.15, -0.1) is 0 Å². The Morgan fingerprint density at radius 2 is 2.35 bits per heavy atom. The summed E-state index contributed by atoms with van der Waals surface area (Å²) in [6.07, 6.45) is 4.26. The number of aryl methyl sites for hydroxylation is 1. The maximum absolute atomic E-state index is 5.50. The normalized spacial score (nSPS) is 22.4. The first-order valence-electron chi connectivity index (χ1n) is 6.33. The molecule has 20 heavy (non-hydrogen) atoms. The highest BCUT2D eigenvalue weighted by molar-refractivity contribution is 9.10. The van der Waals surface area contributed by atoms with Gasteiger partial charge in [0.1, 0.15) is 18.0 Å². The molecule has 0 radical (unpaired) electrons. The number of aromatic amines is 1. The molecule has 3 rings (SSSR count). The third kappa shape index (κ3) is 2.40. The number of halogens is 1. The molecule has 0 saturated carbocycles. The number of nitrogens with zero attached hydrogens (tertiary/aromatic N) is 5. The zero-order valence-corrected chi connectivity index (χ0v) is 12.8. The summed E-state index contributed by atoms with van der Waals surface area (Å²) in [5, 5.41) is 7.17. The molecule has 1 aliphatic heterocycles. The Morgan fingerprint density at radius 1 is 1.50 bits per heavy atom. The van der Waals surface area contributed by atoms with Crippen molar-refractivity contribution in [3.05, 3.63) is 28.6 Å². The van der Waals surface area contributed by atoms with Gasteiger partial charge in [-0.1, -0.05) is 0 Å². The number of hydrogen-bond donors (Lipinski definition) is 1. The van der Waals surface area contributed by atoms with E-state index in [-0.39, 0.29) is 12.1 Å². The molecule has 0 bridgehead atoms. The molecule has 3 heterocycles. The molecule has 8 heteroatoms. The number of hydrogen-bond acceptors (Lipinski definition) is 6. The van der Waals surface area contributed by atoms with E-state index in [4.69, 9.17) is 4.74 Å². The van der Waals surface area contributed by atoms with Crippen LogP contribution in [0.5, 0.6) is 0 Å². The van der Waals surface area contributed by atoms with Gasteiger partial charge in [0, 0.05) is 26.3 Å². The van der Waals surface area contributed by atoms with E-state index in [0.717, 1.165) is 34.9 Å². The minimum absolute atomic E-state index is 0.0519. The van der Waals surface area contributed by atoms with Crippen molar-refractivity contribution in [2.24, 2.45) is 0 Å². The molecule has 0 aromatic carbocycles. The first-order chi connectivity index (χ1) is 9.69. The lowest BCUT2D eigenvalue weighted by atomic mass is 10.2. The van der Waals surface area contributed by atoms with E-state index < -0.39 is 0 Å². The number of methoxy groups -OCH3 is 1. The largest absolute Gasteiger partial charge is 0.380 e. The van der Waals surface area contributed by atoms with E-state index in [1.165, 1.54) is 0 Å². The van der Waals surface area contributed by atoms with Crippen LogP contribution in [0.15, 0.2) is 17.0 Å². The zero-order chi connectivity index (χ0) is 14.1. The molecule has 0 spiro atoms. The van der Waals surface area contributed by atoms with Gasteiger partial charge >= 0.3 is 0 Å². The van der Waals surface area contributed by atoms with E-state index in [2.05, 4.69) is 46.0 Å². The Kier molecular flexibility index (Phi) is 3.66. The third-order valence-corrected chi connectivity index (χ3v) is 3.99.